The minimum absolute atomic E-state index is 0.188. The summed E-state index contributed by atoms with van der Waals surface area (Å²) in [5, 5.41) is 0. The van der Waals surface area contributed by atoms with Gasteiger partial charge in [0, 0.05) is 5.69 Å². The molecule has 0 aliphatic heterocycles. The van der Waals surface area contributed by atoms with E-state index >= 15 is 0 Å². The topological polar surface area (TPSA) is 55.4 Å². The molecule has 9 heteroatoms. The fourth-order valence-electron chi connectivity index (χ4n) is 1.82. The highest BCUT2D eigenvalue weighted by Gasteiger charge is 2.34. The summed E-state index contributed by atoms with van der Waals surface area (Å²) in [5.74, 6) is -1.48. The molecule has 2 aromatic rings. The molecule has 1 N–H and O–H groups in total. The average molecular weight is 363 g/mol. The van der Waals surface area contributed by atoms with E-state index in [4.69, 9.17) is 4.74 Å². The van der Waals surface area contributed by atoms with E-state index in [2.05, 4.69) is 0 Å². The highest BCUT2D eigenvalue weighted by molar-refractivity contribution is 7.92. The molecule has 0 aliphatic rings. The first-order valence-electron chi connectivity index (χ1n) is 6.72. The maximum Gasteiger partial charge on any atom is 0.419 e. The third-order valence-corrected chi connectivity index (χ3v) is 4.16. The SMILES string of the molecule is O=S(=O)(CCOc1ccccc1)Nc1ccc(F)c(C(F)(F)F)c1. The van der Waals surface area contributed by atoms with Gasteiger partial charge in [0.15, 0.2) is 0 Å². The highest BCUT2D eigenvalue weighted by Crippen LogP contribution is 2.33. The number of sulfonamides is 1. The van der Waals surface area contributed by atoms with Crippen LogP contribution in [0.4, 0.5) is 23.2 Å². The van der Waals surface area contributed by atoms with Gasteiger partial charge in [0.25, 0.3) is 0 Å². The lowest BCUT2D eigenvalue weighted by Crippen LogP contribution is -2.21. The van der Waals surface area contributed by atoms with Crippen molar-refractivity contribution in [2.75, 3.05) is 17.1 Å². The molecule has 4 nitrogen and oxygen atoms in total. The summed E-state index contributed by atoms with van der Waals surface area (Å²) >= 11 is 0. The number of alkyl halides is 3. The normalized spacial score (nSPS) is 12.0. The van der Waals surface area contributed by atoms with Crippen LogP contribution in [0, 0.1) is 5.82 Å². The number of para-hydroxylation sites is 1. The van der Waals surface area contributed by atoms with Crippen LogP contribution in [0.25, 0.3) is 0 Å². The molecule has 0 bridgehead atoms. The number of anilines is 1. The number of hydrogen-bond acceptors (Lipinski definition) is 3. The Balaban J connectivity index is 2.01. The number of ether oxygens (including phenoxy) is 1. The highest BCUT2D eigenvalue weighted by atomic mass is 32.2. The molecule has 0 heterocycles. The fourth-order valence-corrected chi connectivity index (χ4v) is 2.71. The van der Waals surface area contributed by atoms with E-state index in [1.165, 1.54) is 0 Å². The third-order valence-electron chi connectivity index (χ3n) is 2.91. The van der Waals surface area contributed by atoms with Crippen molar-refractivity contribution in [2.24, 2.45) is 0 Å². The van der Waals surface area contributed by atoms with Crippen LogP contribution in [-0.2, 0) is 16.2 Å². The number of halogens is 4. The van der Waals surface area contributed by atoms with E-state index in [-0.39, 0.29) is 12.3 Å². The van der Waals surface area contributed by atoms with E-state index in [1.54, 1.807) is 30.3 Å². The molecular weight excluding hydrogens is 350 g/mol. The monoisotopic (exact) mass is 363 g/mol. The van der Waals surface area contributed by atoms with E-state index in [1.807, 2.05) is 4.72 Å². The van der Waals surface area contributed by atoms with Gasteiger partial charge in [0.2, 0.25) is 10.0 Å². The van der Waals surface area contributed by atoms with Crippen LogP contribution in [0.1, 0.15) is 5.56 Å². The third kappa shape index (κ3) is 5.12. The second-order valence-corrected chi connectivity index (χ2v) is 6.62. The number of rotatable bonds is 6. The number of hydrogen-bond donors (Lipinski definition) is 1. The Labute approximate surface area is 136 Å². The molecule has 2 aromatic carbocycles. The maximum absolute atomic E-state index is 13.2. The van der Waals surface area contributed by atoms with Gasteiger partial charge in [-0.3, -0.25) is 4.72 Å². The molecule has 0 amide bonds. The Hall–Kier alpha value is -2.29. The predicted molar refractivity (Wildman–Crippen MR) is 80.7 cm³/mol. The van der Waals surface area contributed by atoms with Crippen LogP contribution in [0.15, 0.2) is 48.5 Å². The second-order valence-electron chi connectivity index (χ2n) is 4.77. The predicted octanol–water partition coefficient (Wildman–Crippen LogP) is 3.67. The molecule has 0 aromatic heterocycles. The summed E-state index contributed by atoms with van der Waals surface area (Å²) in [4.78, 5) is 0. The Kier molecular flexibility index (Phi) is 5.33. The molecular formula is C15H13F4NO3S. The summed E-state index contributed by atoms with van der Waals surface area (Å²) < 4.78 is 81.9. The average Bonchev–Trinajstić information content (AvgIpc) is 2.49. The van der Waals surface area contributed by atoms with Gasteiger partial charge in [-0.15, -0.1) is 0 Å². The van der Waals surface area contributed by atoms with Crippen molar-refractivity contribution in [3.8, 4) is 5.75 Å². The Morgan fingerprint density at radius 3 is 2.33 bits per heavy atom. The van der Waals surface area contributed by atoms with Crippen molar-refractivity contribution >= 4 is 15.7 Å². The van der Waals surface area contributed by atoms with Gasteiger partial charge in [-0.1, -0.05) is 18.2 Å². The van der Waals surface area contributed by atoms with E-state index < -0.39 is 33.3 Å². The van der Waals surface area contributed by atoms with Crippen molar-refractivity contribution in [2.45, 2.75) is 6.18 Å². The Bertz CT molecular complexity index is 792. The van der Waals surface area contributed by atoms with Crippen LogP contribution >= 0.6 is 0 Å². The molecule has 0 unspecified atom stereocenters. The minimum atomic E-state index is -4.91. The van der Waals surface area contributed by atoms with Crippen molar-refractivity contribution < 1.29 is 30.7 Å². The summed E-state index contributed by atoms with van der Waals surface area (Å²) in [6, 6.07) is 10.3. The zero-order chi connectivity index (χ0) is 17.8. The molecule has 0 atom stereocenters. The van der Waals surface area contributed by atoms with Crippen molar-refractivity contribution in [3.63, 3.8) is 0 Å². The molecule has 24 heavy (non-hydrogen) atoms. The second kappa shape index (κ2) is 7.08. The maximum atomic E-state index is 13.2. The first-order chi connectivity index (χ1) is 11.2. The summed E-state index contributed by atoms with van der Waals surface area (Å²) in [6.45, 7) is -0.188. The minimum Gasteiger partial charge on any atom is -0.492 e. The van der Waals surface area contributed by atoms with Gasteiger partial charge >= 0.3 is 6.18 Å². The quantitative estimate of drug-likeness (QED) is 0.797. The lowest BCUT2D eigenvalue weighted by molar-refractivity contribution is -0.139. The summed E-state index contributed by atoms with van der Waals surface area (Å²) in [7, 11) is -3.94. The zero-order valence-electron chi connectivity index (χ0n) is 12.2. The lowest BCUT2D eigenvalue weighted by Gasteiger charge is -2.12. The standard InChI is InChI=1S/C15H13F4NO3S/c16-14-7-6-11(10-13(14)15(17,18)19)20-24(21,22)9-8-23-12-4-2-1-3-5-12/h1-7,10,20H,8-9H2. The molecule has 0 spiro atoms. The van der Waals surface area contributed by atoms with Crippen LogP contribution in [0.3, 0.4) is 0 Å². The molecule has 2 rings (SSSR count). The van der Waals surface area contributed by atoms with Gasteiger partial charge in [0.1, 0.15) is 23.9 Å². The van der Waals surface area contributed by atoms with Crippen LogP contribution in [0.2, 0.25) is 0 Å². The molecule has 0 fully saturated rings. The van der Waals surface area contributed by atoms with Crippen molar-refractivity contribution in [1.29, 1.82) is 0 Å². The van der Waals surface area contributed by atoms with Gasteiger partial charge < -0.3 is 4.74 Å². The fraction of sp³-hybridized carbons (Fsp3) is 0.200. The summed E-state index contributed by atoms with van der Waals surface area (Å²) in [5.41, 5.74) is -1.91. The van der Waals surface area contributed by atoms with Crippen molar-refractivity contribution in [1.82, 2.24) is 0 Å². The van der Waals surface area contributed by atoms with E-state index in [0.29, 0.717) is 17.9 Å². The number of nitrogens with one attached hydrogen (secondary N) is 1. The van der Waals surface area contributed by atoms with Crippen LogP contribution in [-0.4, -0.2) is 20.8 Å². The van der Waals surface area contributed by atoms with E-state index in [0.717, 1.165) is 6.07 Å². The lowest BCUT2D eigenvalue weighted by atomic mass is 10.2. The first-order valence-corrected chi connectivity index (χ1v) is 8.38. The Morgan fingerprint density at radius 1 is 1.04 bits per heavy atom. The number of benzene rings is 2. The van der Waals surface area contributed by atoms with Gasteiger partial charge in [-0.05, 0) is 30.3 Å². The largest absolute Gasteiger partial charge is 0.492 e. The Morgan fingerprint density at radius 2 is 1.71 bits per heavy atom. The van der Waals surface area contributed by atoms with Gasteiger partial charge in [0.05, 0.1) is 5.56 Å². The van der Waals surface area contributed by atoms with Gasteiger partial charge in [-0.25, -0.2) is 12.8 Å². The van der Waals surface area contributed by atoms with E-state index in [9.17, 15) is 26.0 Å². The molecule has 0 aliphatic carbocycles. The van der Waals surface area contributed by atoms with Crippen LogP contribution < -0.4 is 9.46 Å². The molecule has 0 radical (unpaired) electrons. The first kappa shape index (κ1) is 18.1. The molecule has 0 saturated heterocycles. The zero-order valence-corrected chi connectivity index (χ0v) is 13.0. The van der Waals surface area contributed by atoms with Crippen LogP contribution in [0.5, 0.6) is 5.75 Å². The van der Waals surface area contributed by atoms with Crippen molar-refractivity contribution in [3.05, 3.63) is 59.9 Å². The molecule has 0 saturated carbocycles. The summed E-state index contributed by atoms with van der Waals surface area (Å²) in [6.07, 6.45) is -4.91. The molecule has 130 valence electrons. The van der Waals surface area contributed by atoms with Gasteiger partial charge in [-0.2, -0.15) is 13.2 Å². The smallest absolute Gasteiger partial charge is 0.419 e.